The number of rotatable bonds is 8. The molecule has 0 saturated carbocycles. The fourth-order valence-electron chi connectivity index (χ4n) is 4.37. The van der Waals surface area contributed by atoms with Gasteiger partial charge in [0.2, 0.25) is 15.9 Å². The summed E-state index contributed by atoms with van der Waals surface area (Å²) < 4.78 is 26.3. The Morgan fingerprint density at radius 1 is 1.03 bits per heavy atom. The number of nitrogens with zero attached hydrogens (tertiary/aromatic N) is 1. The number of sulfonamides is 1. The number of aryl methyl sites for hydroxylation is 3. The van der Waals surface area contributed by atoms with Crippen LogP contribution in [0.4, 0.5) is 5.69 Å². The normalized spacial score (nSPS) is 15.6. The first-order valence-corrected chi connectivity index (χ1v) is 13.1. The molecule has 1 aliphatic carbocycles. The SMILES string of the molecule is CCc1ccc(N([C@H](C)C(=O)N[C@@H](CC)c2ccc3c(c2)CCCC3)S(C)(=O)=O)cc1. The third-order valence-electron chi connectivity index (χ3n) is 6.19. The van der Waals surface area contributed by atoms with E-state index in [9.17, 15) is 13.2 Å². The average Bonchev–Trinajstić information content (AvgIpc) is 2.76. The zero-order valence-electron chi connectivity index (χ0n) is 19.0. The van der Waals surface area contributed by atoms with Crippen molar-refractivity contribution >= 4 is 21.6 Å². The number of fused-ring (bicyclic) bond motifs is 1. The van der Waals surface area contributed by atoms with Crippen LogP contribution in [-0.2, 0) is 34.1 Å². The zero-order valence-corrected chi connectivity index (χ0v) is 19.8. The van der Waals surface area contributed by atoms with Crippen LogP contribution >= 0.6 is 0 Å². The van der Waals surface area contributed by atoms with Gasteiger partial charge in [-0.3, -0.25) is 9.10 Å². The zero-order chi connectivity index (χ0) is 22.6. The molecule has 2 aromatic rings. The summed E-state index contributed by atoms with van der Waals surface area (Å²) in [4.78, 5) is 13.1. The van der Waals surface area contributed by atoms with Gasteiger partial charge in [0.05, 0.1) is 18.0 Å². The molecule has 2 atom stereocenters. The van der Waals surface area contributed by atoms with Gasteiger partial charge in [0.1, 0.15) is 6.04 Å². The molecule has 0 fully saturated rings. The lowest BCUT2D eigenvalue weighted by Gasteiger charge is -2.30. The van der Waals surface area contributed by atoms with E-state index < -0.39 is 16.1 Å². The summed E-state index contributed by atoms with van der Waals surface area (Å²) in [6, 6.07) is 12.8. The first-order chi connectivity index (χ1) is 14.7. The van der Waals surface area contributed by atoms with Crippen LogP contribution in [0, 0.1) is 0 Å². The highest BCUT2D eigenvalue weighted by atomic mass is 32.2. The third kappa shape index (κ3) is 5.48. The average molecular weight is 443 g/mol. The summed E-state index contributed by atoms with van der Waals surface area (Å²) in [5.41, 5.74) is 5.49. The van der Waals surface area contributed by atoms with E-state index in [4.69, 9.17) is 0 Å². The molecule has 5 nitrogen and oxygen atoms in total. The van der Waals surface area contributed by atoms with Gasteiger partial charge in [0.25, 0.3) is 0 Å². The Balaban J connectivity index is 1.81. The lowest BCUT2D eigenvalue weighted by Crippen LogP contribution is -2.48. The number of carbonyl (C=O) groups is 1. The van der Waals surface area contributed by atoms with Gasteiger partial charge in [0, 0.05) is 0 Å². The summed E-state index contributed by atoms with van der Waals surface area (Å²) in [5, 5.41) is 3.09. The minimum atomic E-state index is -3.63. The van der Waals surface area contributed by atoms with Crippen LogP contribution in [0.2, 0.25) is 0 Å². The Bertz CT molecular complexity index is 1020. The minimum absolute atomic E-state index is 0.147. The van der Waals surface area contributed by atoms with Gasteiger partial charge in [-0.15, -0.1) is 0 Å². The molecule has 0 aromatic heterocycles. The van der Waals surface area contributed by atoms with E-state index in [0.717, 1.165) is 43.1 Å². The molecule has 0 aliphatic heterocycles. The number of carbonyl (C=O) groups excluding carboxylic acids is 1. The van der Waals surface area contributed by atoms with E-state index in [1.165, 1.54) is 28.3 Å². The highest BCUT2D eigenvalue weighted by Crippen LogP contribution is 2.27. The molecule has 0 bridgehead atoms. The van der Waals surface area contributed by atoms with Crippen molar-refractivity contribution < 1.29 is 13.2 Å². The van der Waals surface area contributed by atoms with E-state index in [-0.39, 0.29) is 11.9 Å². The number of anilines is 1. The molecule has 6 heteroatoms. The second kappa shape index (κ2) is 9.86. The first kappa shape index (κ1) is 23.3. The maximum atomic E-state index is 13.1. The predicted octanol–water partition coefficient (Wildman–Crippen LogP) is 4.55. The number of amides is 1. The molecule has 0 spiro atoms. The van der Waals surface area contributed by atoms with Crippen molar-refractivity contribution in [1.29, 1.82) is 0 Å². The van der Waals surface area contributed by atoms with Crippen LogP contribution in [0.1, 0.15) is 68.3 Å². The predicted molar refractivity (Wildman–Crippen MR) is 127 cm³/mol. The van der Waals surface area contributed by atoms with Gasteiger partial charge in [-0.25, -0.2) is 8.42 Å². The fraction of sp³-hybridized carbons (Fsp3) is 0.480. The van der Waals surface area contributed by atoms with Gasteiger partial charge >= 0.3 is 0 Å². The number of benzene rings is 2. The molecular formula is C25H34N2O3S. The summed E-state index contributed by atoms with van der Waals surface area (Å²) >= 11 is 0. The standard InChI is InChI=1S/C25H34N2O3S/c1-5-19-11-15-23(16-12-19)27(31(4,29)30)18(3)25(28)26-24(6-2)22-14-13-20-9-7-8-10-21(20)17-22/h11-18,24H,5-10H2,1-4H3,(H,26,28)/t18-,24+/m1/s1. The quantitative estimate of drug-likeness (QED) is 0.652. The molecule has 0 heterocycles. The van der Waals surface area contributed by atoms with Gasteiger partial charge in [-0.1, -0.05) is 44.2 Å². The summed E-state index contributed by atoms with van der Waals surface area (Å²) in [6.07, 6.45) is 7.39. The van der Waals surface area contributed by atoms with Crippen molar-refractivity contribution in [3.05, 3.63) is 64.7 Å². The molecule has 168 valence electrons. The maximum absolute atomic E-state index is 13.1. The molecule has 0 unspecified atom stereocenters. The largest absolute Gasteiger partial charge is 0.347 e. The molecule has 2 aromatic carbocycles. The van der Waals surface area contributed by atoms with Crippen LogP contribution in [0.3, 0.4) is 0 Å². The summed E-state index contributed by atoms with van der Waals surface area (Å²) in [7, 11) is -3.63. The van der Waals surface area contributed by atoms with Gasteiger partial charge in [-0.05, 0) is 79.8 Å². The first-order valence-electron chi connectivity index (χ1n) is 11.2. The third-order valence-corrected chi connectivity index (χ3v) is 7.43. The van der Waals surface area contributed by atoms with Crippen molar-refractivity contribution in [2.45, 2.75) is 71.4 Å². The molecule has 1 aliphatic rings. The maximum Gasteiger partial charge on any atom is 0.244 e. The minimum Gasteiger partial charge on any atom is -0.347 e. The van der Waals surface area contributed by atoms with Crippen LogP contribution in [0.15, 0.2) is 42.5 Å². The second-order valence-corrected chi connectivity index (χ2v) is 10.3. The Morgan fingerprint density at radius 3 is 2.26 bits per heavy atom. The molecular weight excluding hydrogens is 408 g/mol. The van der Waals surface area contributed by atoms with Crippen molar-refractivity contribution in [2.24, 2.45) is 0 Å². The van der Waals surface area contributed by atoms with Crippen molar-refractivity contribution in [2.75, 3.05) is 10.6 Å². The number of hydrogen-bond donors (Lipinski definition) is 1. The van der Waals surface area contributed by atoms with Crippen LogP contribution in [-0.4, -0.2) is 26.6 Å². The van der Waals surface area contributed by atoms with Gasteiger partial charge in [0.15, 0.2) is 0 Å². The Hall–Kier alpha value is -2.34. The molecule has 0 radical (unpaired) electrons. The summed E-state index contributed by atoms with van der Waals surface area (Å²) in [6.45, 7) is 5.72. The lowest BCUT2D eigenvalue weighted by atomic mass is 9.88. The smallest absolute Gasteiger partial charge is 0.244 e. The van der Waals surface area contributed by atoms with Crippen molar-refractivity contribution in [1.82, 2.24) is 5.32 Å². The molecule has 0 saturated heterocycles. The van der Waals surface area contributed by atoms with Crippen LogP contribution in [0.25, 0.3) is 0 Å². The van der Waals surface area contributed by atoms with Gasteiger partial charge < -0.3 is 5.32 Å². The highest BCUT2D eigenvalue weighted by Gasteiger charge is 2.30. The Labute approximate surface area is 186 Å². The number of nitrogens with one attached hydrogen (secondary N) is 1. The molecule has 31 heavy (non-hydrogen) atoms. The van der Waals surface area contributed by atoms with Crippen molar-refractivity contribution in [3.63, 3.8) is 0 Å². The van der Waals surface area contributed by atoms with E-state index in [1.807, 2.05) is 26.0 Å². The molecule has 3 rings (SSSR count). The van der Waals surface area contributed by atoms with Gasteiger partial charge in [-0.2, -0.15) is 0 Å². The molecule has 1 amide bonds. The van der Waals surface area contributed by atoms with E-state index in [1.54, 1.807) is 19.1 Å². The Morgan fingerprint density at radius 2 is 1.68 bits per heavy atom. The molecule has 1 N–H and O–H groups in total. The van der Waals surface area contributed by atoms with Crippen LogP contribution in [0.5, 0.6) is 0 Å². The fourth-order valence-corrected chi connectivity index (χ4v) is 5.55. The van der Waals surface area contributed by atoms with Crippen LogP contribution < -0.4 is 9.62 Å². The van der Waals surface area contributed by atoms with E-state index in [2.05, 4.69) is 23.5 Å². The second-order valence-electron chi connectivity index (χ2n) is 8.46. The Kier molecular flexibility index (Phi) is 7.42. The summed E-state index contributed by atoms with van der Waals surface area (Å²) in [5.74, 6) is -0.297. The monoisotopic (exact) mass is 442 g/mol. The van der Waals surface area contributed by atoms with Crippen molar-refractivity contribution in [3.8, 4) is 0 Å². The van der Waals surface area contributed by atoms with E-state index in [0.29, 0.717) is 5.69 Å². The highest BCUT2D eigenvalue weighted by molar-refractivity contribution is 7.92. The lowest BCUT2D eigenvalue weighted by molar-refractivity contribution is -0.122. The topological polar surface area (TPSA) is 66.5 Å². The van der Waals surface area contributed by atoms with E-state index >= 15 is 0 Å². The number of hydrogen-bond acceptors (Lipinski definition) is 3.